The minimum atomic E-state index is 0.373. The van der Waals surface area contributed by atoms with E-state index in [1.165, 1.54) is 11.1 Å². The van der Waals surface area contributed by atoms with Gasteiger partial charge >= 0.3 is 0 Å². The van der Waals surface area contributed by atoms with Crippen LogP contribution >= 0.6 is 0 Å². The third-order valence-electron chi connectivity index (χ3n) is 3.55. The smallest absolute Gasteiger partial charge is 0.115 e. The van der Waals surface area contributed by atoms with Gasteiger partial charge in [-0.3, -0.25) is 0 Å². The first kappa shape index (κ1) is 12.8. The average Bonchev–Trinajstić information content (AvgIpc) is 2.37. The lowest BCUT2D eigenvalue weighted by atomic mass is 9.87. The highest BCUT2D eigenvalue weighted by Crippen LogP contribution is 2.27. The molecule has 1 N–H and O–H groups in total. The van der Waals surface area contributed by atoms with E-state index >= 15 is 0 Å². The molecule has 0 spiro atoms. The maximum Gasteiger partial charge on any atom is 0.115 e. The number of phenolic OH excluding ortho intramolecular Hbond substituents is 1. The maximum atomic E-state index is 9.58. The molecule has 2 rings (SSSR count). The van der Waals surface area contributed by atoms with E-state index in [9.17, 15) is 5.11 Å². The van der Waals surface area contributed by atoms with Crippen molar-refractivity contribution in [2.24, 2.45) is 0 Å². The number of nitrogens with zero attached hydrogens (tertiary/aromatic N) is 1. The molecule has 0 saturated carbocycles. The van der Waals surface area contributed by atoms with E-state index in [0.717, 1.165) is 32.2 Å². The van der Waals surface area contributed by atoms with Crippen LogP contribution in [0.5, 0.6) is 5.75 Å². The molecule has 0 amide bonds. The van der Waals surface area contributed by atoms with Crippen molar-refractivity contribution in [2.45, 2.75) is 45.6 Å². The van der Waals surface area contributed by atoms with E-state index in [4.69, 9.17) is 0 Å². The van der Waals surface area contributed by atoms with Crippen LogP contribution in [-0.2, 0) is 12.8 Å². The number of phenols is 1. The van der Waals surface area contributed by atoms with Crippen LogP contribution in [0.15, 0.2) is 18.2 Å². The Morgan fingerprint density at radius 2 is 2.22 bits per heavy atom. The van der Waals surface area contributed by atoms with E-state index in [0.29, 0.717) is 11.8 Å². The van der Waals surface area contributed by atoms with Gasteiger partial charge in [0.1, 0.15) is 5.75 Å². The molecule has 1 aliphatic rings. The molecule has 0 aromatic heterocycles. The van der Waals surface area contributed by atoms with Crippen LogP contribution in [0.2, 0.25) is 0 Å². The van der Waals surface area contributed by atoms with Crippen molar-refractivity contribution in [1.82, 2.24) is 4.90 Å². The molecule has 2 heteroatoms. The van der Waals surface area contributed by atoms with E-state index < -0.39 is 0 Å². The van der Waals surface area contributed by atoms with Gasteiger partial charge in [-0.15, -0.1) is 0 Å². The number of hydrogen-bond donors (Lipinski definition) is 1. The molecule has 0 bridgehead atoms. The average molecular weight is 243 g/mol. The molecule has 18 heavy (non-hydrogen) atoms. The van der Waals surface area contributed by atoms with Crippen LogP contribution in [0.1, 0.15) is 37.8 Å². The molecular formula is C16H21NO. The molecule has 96 valence electrons. The second-order valence-corrected chi connectivity index (χ2v) is 4.90. The third-order valence-corrected chi connectivity index (χ3v) is 3.55. The van der Waals surface area contributed by atoms with E-state index in [2.05, 4.69) is 29.9 Å². The van der Waals surface area contributed by atoms with Crippen molar-refractivity contribution in [1.29, 1.82) is 0 Å². The molecule has 1 unspecified atom stereocenters. The van der Waals surface area contributed by atoms with Crippen molar-refractivity contribution in [2.75, 3.05) is 6.54 Å². The quantitative estimate of drug-likeness (QED) is 0.651. The van der Waals surface area contributed by atoms with Gasteiger partial charge < -0.3 is 10.0 Å². The predicted octanol–water partition coefficient (Wildman–Crippen LogP) is 2.94. The Morgan fingerprint density at radius 3 is 2.94 bits per heavy atom. The minimum Gasteiger partial charge on any atom is -0.508 e. The highest BCUT2D eigenvalue weighted by molar-refractivity contribution is 5.37. The number of aryl methyl sites for hydroxylation is 1. The van der Waals surface area contributed by atoms with Crippen LogP contribution in [0.3, 0.4) is 0 Å². The zero-order valence-electron chi connectivity index (χ0n) is 11.2. The van der Waals surface area contributed by atoms with Crippen molar-refractivity contribution >= 4 is 0 Å². The summed E-state index contributed by atoms with van der Waals surface area (Å²) in [7, 11) is 0. The van der Waals surface area contributed by atoms with Crippen LogP contribution < -0.4 is 0 Å². The van der Waals surface area contributed by atoms with Gasteiger partial charge in [-0.25, -0.2) is 0 Å². The Kier molecular flexibility index (Phi) is 4.15. The van der Waals surface area contributed by atoms with Crippen molar-refractivity contribution in [3.8, 4) is 17.7 Å². The molecule has 0 radical (unpaired) electrons. The zero-order chi connectivity index (χ0) is 13.0. The van der Waals surface area contributed by atoms with Crippen LogP contribution in [0.25, 0.3) is 0 Å². The summed E-state index contributed by atoms with van der Waals surface area (Å²) in [6, 6.07) is 9.46. The molecule has 0 heterocycles. The Hall–Kier alpha value is -1.62. The predicted molar refractivity (Wildman–Crippen MR) is 74.4 cm³/mol. The molecule has 0 aliphatic heterocycles. The first-order chi connectivity index (χ1) is 8.74. The van der Waals surface area contributed by atoms with Gasteiger partial charge in [-0.05, 0) is 55.9 Å². The van der Waals surface area contributed by atoms with Crippen LogP contribution in [0.4, 0.5) is 0 Å². The van der Waals surface area contributed by atoms with Gasteiger partial charge in [-0.1, -0.05) is 18.9 Å². The number of hydrogen-bond acceptors (Lipinski definition) is 2. The Morgan fingerprint density at radius 1 is 1.39 bits per heavy atom. The van der Waals surface area contributed by atoms with Gasteiger partial charge in [0.05, 0.1) is 0 Å². The zero-order valence-corrected chi connectivity index (χ0v) is 11.2. The van der Waals surface area contributed by atoms with E-state index in [1.807, 2.05) is 13.0 Å². The fourth-order valence-electron chi connectivity index (χ4n) is 2.70. The Bertz CT molecular complexity index is 470. The fourth-order valence-corrected chi connectivity index (χ4v) is 2.70. The van der Waals surface area contributed by atoms with E-state index in [-0.39, 0.29) is 0 Å². The number of fused-ring (bicyclic) bond motifs is 1. The summed E-state index contributed by atoms with van der Waals surface area (Å²) in [5, 5.41) is 9.58. The standard InChI is InChI=1S/C16H21NO/c1-3-9-17(10-4-2)15-7-5-13-6-8-16(18)12-14(13)11-15/h6,8,12,15,18H,3,5,7,9,11H2,1-2H3. The van der Waals surface area contributed by atoms with Gasteiger partial charge in [0.15, 0.2) is 0 Å². The summed E-state index contributed by atoms with van der Waals surface area (Å²) >= 11 is 0. The van der Waals surface area contributed by atoms with Gasteiger partial charge in [0, 0.05) is 18.6 Å². The largest absolute Gasteiger partial charge is 0.508 e. The fraction of sp³-hybridized carbons (Fsp3) is 0.500. The third kappa shape index (κ3) is 2.79. The minimum absolute atomic E-state index is 0.373. The molecule has 1 aromatic carbocycles. The molecule has 1 aliphatic carbocycles. The van der Waals surface area contributed by atoms with E-state index in [1.54, 1.807) is 6.07 Å². The van der Waals surface area contributed by atoms with Crippen LogP contribution in [-0.4, -0.2) is 22.6 Å². The highest BCUT2D eigenvalue weighted by Gasteiger charge is 2.22. The van der Waals surface area contributed by atoms with Gasteiger partial charge in [0.2, 0.25) is 0 Å². The van der Waals surface area contributed by atoms with Crippen molar-refractivity contribution < 1.29 is 5.11 Å². The second-order valence-electron chi connectivity index (χ2n) is 4.90. The molecule has 1 atom stereocenters. The Labute approximate surface area is 110 Å². The maximum absolute atomic E-state index is 9.58. The summed E-state index contributed by atoms with van der Waals surface area (Å²) in [5.41, 5.74) is 2.66. The van der Waals surface area contributed by atoms with Gasteiger partial charge in [0.25, 0.3) is 0 Å². The summed E-state index contributed by atoms with van der Waals surface area (Å²) in [4.78, 5) is 2.27. The SMILES string of the molecule is CC#CN(CCC)C1CCc2ccc(O)cc2C1. The molecule has 2 nitrogen and oxygen atoms in total. The lowest BCUT2D eigenvalue weighted by Crippen LogP contribution is -2.36. The monoisotopic (exact) mass is 243 g/mol. The van der Waals surface area contributed by atoms with Crippen LogP contribution in [0, 0.1) is 12.0 Å². The molecule has 1 aromatic rings. The normalized spacial score (nSPS) is 17.6. The highest BCUT2D eigenvalue weighted by atomic mass is 16.3. The first-order valence-electron chi connectivity index (χ1n) is 6.74. The molecule has 0 saturated heterocycles. The number of benzene rings is 1. The summed E-state index contributed by atoms with van der Waals surface area (Å²) < 4.78 is 0. The topological polar surface area (TPSA) is 23.5 Å². The van der Waals surface area contributed by atoms with Crippen molar-refractivity contribution in [3.63, 3.8) is 0 Å². The number of rotatable bonds is 3. The summed E-state index contributed by atoms with van der Waals surface area (Å²) in [5.74, 6) is 3.38. The first-order valence-corrected chi connectivity index (χ1v) is 6.74. The molecule has 0 fully saturated rings. The lowest BCUT2D eigenvalue weighted by Gasteiger charge is -2.32. The molecular weight excluding hydrogens is 222 g/mol. The number of aromatic hydroxyl groups is 1. The summed E-state index contributed by atoms with van der Waals surface area (Å²) in [6.45, 7) is 5.11. The van der Waals surface area contributed by atoms with Crippen molar-refractivity contribution in [3.05, 3.63) is 29.3 Å². The summed E-state index contributed by atoms with van der Waals surface area (Å²) in [6.07, 6.45) is 4.37. The Balaban J connectivity index is 2.16. The van der Waals surface area contributed by atoms with Gasteiger partial charge in [-0.2, -0.15) is 0 Å². The second kappa shape index (κ2) is 5.82. The lowest BCUT2D eigenvalue weighted by molar-refractivity contribution is 0.268.